The summed E-state index contributed by atoms with van der Waals surface area (Å²) in [6.07, 6.45) is -4.59. The van der Waals surface area contributed by atoms with Crippen LogP contribution in [0.4, 0.5) is 24.7 Å². The first-order valence-corrected chi connectivity index (χ1v) is 3.85. The summed E-state index contributed by atoms with van der Waals surface area (Å²) in [5.74, 6) is -1.73. The lowest BCUT2D eigenvalue weighted by molar-refractivity contribution is -0.384. The first kappa shape index (κ1) is 12.5. The minimum absolute atomic E-state index is 0.494. The van der Waals surface area contributed by atoms with Crippen molar-refractivity contribution in [2.24, 2.45) is 0 Å². The fourth-order valence-corrected chi connectivity index (χ4v) is 0.994. The number of hydrogen-bond acceptors (Lipinski definition) is 6. The van der Waals surface area contributed by atoms with Gasteiger partial charge in [-0.3, -0.25) is 10.1 Å². The minimum Gasteiger partial charge on any atom is -0.402 e. The van der Waals surface area contributed by atoms with E-state index >= 15 is 0 Å². The van der Waals surface area contributed by atoms with Crippen LogP contribution in [-0.2, 0) is 0 Å². The fourth-order valence-electron chi connectivity index (χ4n) is 0.994. The first-order valence-electron chi connectivity index (χ1n) is 3.85. The van der Waals surface area contributed by atoms with Crippen LogP contribution in [0.3, 0.4) is 0 Å². The van der Waals surface area contributed by atoms with Gasteiger partial charge in [0.15, 0.2) is 11.3 Å². The van der Waals surface area contributed by atoms with E-state index in [2.05, 4.69) is 9.72 Å². The second-order valence-electron chi connectivity index (χ2n) is 2.65. The van der Waals surface area contributed by atoms with Gasteiger partial charge in [0, 0.05) is 0 Å². The molecular formula is C7H3F3N4O3. The lowest BCUT2D eigenvalue weighted by Gasteiger charge is -2.09. The number of nitriles is 1. The molecule has 0 bridgehead atoms. The van der Waals surface area contributed by atoms with Gasteiger partial charge >= 0.3 is 12.0 Å². The number of nitrogens with two attached hydrogens (primary N) is 1. The third-order valence-corrected chi connectivity index (χ3v) is 1.57. The van der Waals surface area contributed by atoms with Crippen LogP contribution in [0.25, 0.3) is 0 Å². The Balaban J connectivity index is 3.40. The van der Waals surface area contributed by atoms with E-state index in [1.807, 2.05) is 0 Å². The summed E-state index contributed by atoms with van der Waals surface area (Å²) in [5, 5.41) is 19.1. The molecule has 0 aliphatic heterocycles. The lowest BCUT2D eigenvalue weighted by atomic mass is 10.2. The zero-order chi connectivity index (χ0) is 13.2. The molecule has 2 N–H and O–H groups in total. The summed E-state index contributed by atoms with van der Waals surface area (Å²) in [4.78, 5) is 12.6. The summed E-state index contributed by atoms with van der Waals surface area (Å²) in [6.45, 7) is 0. The van der Waals surface area contributed by atoms with Crippen molar-refractivity contribution in [3.8, 4) is 11.8 Å². The zero-order valence-electron chi connectivity index (χ0n) is 7.85. The van der Waals surface area contributed by atoms with Crippen LogP contribution >= 0.6 is 0 Å². The van der Waals surface area contributed by atoms with Crippen molar-refractivity contribution >= 4 is 11.5 Å². The molecule has 0 aliphatic rings. The molecule has 0 aromatic carbocycles. The monoisotopic (exact) mass is 248 g/mol. The maximum Gasteiger partial charge on any atom is 0.573 e. The van der Waals surface area contributed by atoms with Gasteiger partial charge in [-0.05, 0) is 0 Å². The number of halogens is 3. The van der Waals surface area contributed by atoms with Crippen LogP contribution < -0.4 is 10.5 Å². The highest BCUT2D eigenvalue weighted by Crippen LogP contribution is 2.33. The Morgan fingerprint density at radius 2 is 2.18 bits per heavy atom. The predicted octanol–water partition coefficient (Wildman–Crippen LogP) is 1.34. The van der Waals surface area contributed by atoms with Crippen LogP contribution in [0, 0.1) is 21.4 Å². The number of nitrogens with zero attached hydrogens (tertiary/aromatic N) is 3. The van der Waals surface area contributed by atoms with E-state index in [0.29, 0.717) is 6.20 Å². The summed E-state index contributed by atoms with van der Waals surface area (Å²) >= 11 is 0. The molecule has 1 aromatic heterocycles. The van der Waals surface area contributed by atoms with E-state index in [1.165, 1.54) is 6.07 Å². The van der Waals surface area contributed by atoms with Gasteiger partial charge in [0.05, 0.1) is 11.1 Å². The number of nitro groups is 1. The van der Waals surface area contributed by atoms with E-state index in [-0.39, 0.29) is 0 Å². The van der Waals surface area contributed by atoms with Crippen molar-refractivity contribution in [1.29, 1.82) is 5.26 Å². The Bertz CT molecular complexity index is 508. The standard InChI is InChI=1S/C7H3F3N4O3/c8-7(9,10)17-4-2-13-6(12)5(14(15)16)3(4)1-11/h2H,(H2,12,13). The lowest BCUT2D eigenvalue weighted by Crippen LogP contribution is -2.18. The summed E-state index contributed by atoms with van der Waals surface area (Å²) < 4.78 is 39.2. The molecule has 90 valence electrons. The number of ether oxygens (including phenoxy) is 1. The van der Waals surface area contributed by atoms with Gasteiger partial charge in [-0.15, -0.1) is 13.2 Å². The van der Waals surface area contributed by atoms with Gasteiger partial charge in [0.25, 0.3) is 0 Å². The molecule has 0 aliphatic carbocycles. The van der Waals surface area contributed by atoms with E-state index in [0.717, 1.165) is 0 Å². The van der Waals surface area contributed by atoms with Crippen LogP contribution in [0.15, 0.2) is 6.20 Å². The summed E-state index contributed by atoms with van der Waals surface area (Å²) in [7, 11) is 0. The highest BCUT2D eigenvalue weighted by atomic mass is 19.4. The van der Waals surface area contributed by atoms with Crippen molar-refractivity contribution in [2.45, 2.75) is 6.36 Å². The van der Waals surface area contributed by atoms with Gasteiger partial charge in [-0.25, -0.2) is 4.98 Å². The first-order chi connectivity index (χ1) is 7.76. The number of aromatic nitrogens is 1. The molecule has 0 radical (unpaired) electrons. The quantitative estimate of drug-likeness (QED) is 0.623. The highest BCUT2D eigenvalue weighted by Gasteiger charge is 2.35. The molecule has 1 rings (SSSR count). The molecule has 0 fully saturated rings. The number of alkyl halides is 3. The average Bonchev–Trinajstić information content (AvgIpc) is 2.17. The van der Waals surface area contributed by atoms with Crippen molar-refractivity contribution in [1.82, 2.24) is 4.98 Å². The average molecular weight is 248 g/mol. The second kappa shape index (κ2) is 4.12. The molecule has 0 atom stereocenters. The Morgan fingerprint density at radius 1 is 1.59 bits per heavy atom. The van der Waals surface area contributed by atoms with Crippen LogP contribution in [0.2, 0.25) is 0 Å². The number of anilines is 1. The maximum atomic E-state index is 11.9. The highest BCUT2D eigenvalue weighted by molar-refractivity contribution is 5.66. The molecule has 0 unspecified atom stereocenters. The van der Waals surface area contributed by atoms with E-state index in [9.17, 15) is 23.3 Å². The molecule has 0 amide bonds. The molecule has 1 aromatic rings. The van der Waals surface area contributed by atoms with Crippen molar-refractivity contribution < 1.29 is 22.8 Å². The molecule has 0 spiro atoms. The third-order valence-electron chi connectivity index (χ3n) is 1.57. The van der Waals surface area contributed by atoms with Gasteiger partial charge in [-0.2, -0.15) is 5.26 Å². The number of nitrogen functional groups attached to an aromatic ring is 1. The van der Waals surface area contributed by atoms with Crippen molar-refractivity contribution in [3.05, 3.63) is 21.9 Å². The Hall–Kier alpha value is -2.57. The van der Waals surface area contributed by atoms with Crippen molar-refractivity contribution in [2.75, 3.05) is 5.73 Å². The van der Waals surface area contributed by atoms with Gasteiger partial charge in [-0.1, -0.05) is 0 Å². The molecule has 0 saturated carbocycles. The van der Waals surface area contributed by atoms with Gasteiger partial charge in [0.1, 0.15) is 6.07 Å². The third kappa shape index (κ3) is 2.71. The largest absolute Gasteiger partial charge is 0.573 e. The van der Waals surface area contributed by atoms with E-state index in [4.69, 9.17) is 11.0 Å². The smallest absolute Gasteiger partial charge is 0.402 e. The summed E-state index contributed by atoms with van der Waals surface area (Å²) in [6, 6.07) is 1.22. The Labute approximate surface area is 91.4 Å². The molecular weight excluding hydrogens is 245 g/mol. The molecule has 17 heavy (non-hydrogen) atoms. The van der Waals surface area contributed by atoms with Crippen LogP contribution in [-0.4, -0.2) is 16.3 Å². The van der Waals surface area contributed by atoms with Crippen molar-refractivity contribution in [3.63, 3.8) is 0 Å². The van der Waals surface area contributed by atoms with Gasteiger partial charge in [0.2, 0.25) is 5.82 Å². The Morgan fingerprint density at radius 3 is 2.59 bits per heavy atom. The van der Waals surface area contributed by atoms with E-state index < -0.39 is 34.1 Å². The topological polar surface area (TPSA) is 115 Å². The SMILES string of the molecule is N#Cc1c(OC(F)(F)F)cnc(N)c1[N+](=O)[O-]. The fraction of sp³-hybridized carbons (Fsp3) is 0.143. The van der Waals surface area contributed by atoms with E-state index in [1.54, 1.807) is 0 Å². The Kier molecular flexibility index (Phi) is 3.03. The van der Waals surface area contributed by atoms with Gasteiger partial charge < -0.3 is 10.5 Å². The second-order valence-corrected chi connectivity index (χ2v) is 2.65. The number of hydrogen-bond donors (Lipinski definition) is 1. The summed E-state index contributed by atoms with van der Waals surface area (Å²) in [5.41, 5.74) is 3.14. The normalized spacial score (nSPS) is 10.7. The van der Waals surface area contributed by atoms with Crippen LogP contribution in [0.1, 0.15) is 5.56 Å². The number of pyridine rings is 1. The number of rotatable bonds is 2. The molecule has 10 heteroatoms. The zero-order valence-corrected chi connectivity index (χ0v) is 7.85. The molecule has 0 saturated heterocycles. The minimum atomic E-state index is -5.09. The molecule has 7 nitrogen and oxygen atoms in total. The predicted molar refractivity (Wildman–Crippen MR) is 46.7 cm³/mol. The van der Waals surface area contributed by atoms with Crippen LogP contribution in [0.5, 0.6) is 5.75 Å². The molecule has 1 heterocycles. The maximum absolute atomic E-state index is 11.9.